The maximum atomic E-state index is 12.7. The summed E-state index contributed by atoms with van der Waals surface area (Å²) < 4.78 is 38.2. The molecule has 1 saturated heterocycles. The molecule has 6 nitrogen and oxygen atoms in total. The Hall–Kier alpha value is -2.03. The molecule has 28 heavy (non-hydrogen) atoms. The number of piperidine rings is 1. The number of halogens is 4. The summed E-state index contributed by atoms with van der Waals surface area (Å²) in [5.41, 5.74) is -0.896. The zero-order chi connectivity index (χ0) is 21.1. The van der Waals surface area contributed by atoms with Gasteiger partial charge in [-0.15, -0.1) is 0 Å². The van der Waals surface area contributed by atoms with Gasteiger partial charge in [0.2, 0.25) is 11.8 Å². The molecule has 0 bridgehead atoms. The highest BCUT2D eigenvalue weighted by molar-refractivity contribution is 6.33. The van der Waals surface area contributed by atoms with Crippen LogP contribution in [-0.2, 0) is 15.8 Å². The summed E-state index contributed by atoms with van der Waals surface area (Å²) in [5.74, 6) is -0.305. The number of aromatic nitrogens is 1. The fraction of sp³-hybridized carbons (Fsp3) is 0.611. The number of hydrogen-bond donors (Lipinski definition) is 1. The first-order chi connectivity index (χ1) is 13.0. The highest BCUT2D eigenvalue weighted by Crippen LogP contribution is 2.34. The standard InChI is InChI=1S/C18H24ClF3N4O2/c1-11(2)24-15(27)10-25(3)17(28)12-4-6-26(7-5-12)16-14(19)8-13(9-23-16)18(20,21)22/h8-9,11-12H,4-7,10H2,1-3H3,(H,24,27). The van der Waals surface area contributed by atoms with Crippen LogP contribution in [0.15, 0.2) is 12.3 Å². The van der Waals surface area contributed by atoms with Crippen LogP contribution in [0.1, 0.15) is 32.3 Å². The molecule has 0 radical (unpaired) electrons. The summed E-state index contributed by atoms with van der Waals surface area (Å²) in [6, 6.07) is 0.864. The van der Waals surface area contributed by atoms with Crippen molar-refractivity contribution in [3.63, 3.8) is 0 Å². The monoisotopic (exact) mass is 420 g/mol. The van der Waals surface area contributed by atoms with Crippen molar-refractivity contribution >= 4 is 29.2 Å². The molecule has 0 aromatic carbocycles. The quantitative estimate of drug-likeness (QED) is 0.795. The molecular formula is C18H24ClF3N4O2. The molecule has 0 aliphatic carbocycles. The van der Waals surface area contributed by atoms with Gasteiger partial charge in [0.1, 0.15) is 5.82 Å². The van der Waals surface area contributed by atoms with Crippen molar-refractivity contribution in [2.75, 3.05) is 31.6 Å². The molecule has 1 aromatic heterocycles. The van der Waals surface area contributed by atoms with Gasteiger partial charge in [-0.1, -0.05) is 11.6 Å². The third-order valence-electron chi connectivity index (χ3n) is 4.50. The van der Waals surface area contributed by atoms with Crippen LogP contribution in [0.3, 0.4) is 0 Å². The summed E-state index contributed by atoms with van der Waals surface area (Å²) in [6.45, 7) is 4.57. The third kappa shape index (κ3) is 5.73. The Balaban J connectivity index is 1.93. The van der Waals surface area contributed by atoms with Gasteiger partial charge < -0.3 is 15.1 Å². The molecule has 1 aliphatic heterocycles. The Morgan fingerprint density at radius 2 is 1.96 bits per heavy atom. The second-order valence-corrected chi connectivity index (χ2v) is 7.61. The molecule has 1 N–H and O–H groups in total. The van der Waals surface area contributed by atoms with E-state index in [-0.39, 0.29) is 41.2 Å². The smallest absolute Gasteiger partial charge is 0.355 e. The van der Waals surface area contributed by atoms with Crippen molar-refractivity contribution in [2.45, 2.75) is 38.9 Å². The van der Waals surface area contributed by atoms with Crippen molar-refractivity contribution in [1.29, 1.82) is 0 Å². The lowest BCUT2D eigenvalue weighted by Gasteiger charge is -2.34. The van der Waals surface area contributed by atoms with Crippen LogP contribution < -0.4 is 10.2 Å². The second-order valence-electron chi connectivity index (χ2n) is 7.21. The Morgan fingerprint density at radius 1 is 1.36 bits per heavy atom. The van der Waals surface area contributed by atoms with E-state index >= 15 is 0 Å². The van der Waals surface area contributed by atoms with Crippen LogP contribution in [0.5, 0.6) is 0 Å². The second kappa shape index (κ2) is 8.98. The minimum absolute atomic E-state index is 0.000207. The van der Waals surface area contributed by atoms with Gasteiger partial charge in [0, 0.05) is 38.3 Å². The fourth-order valence-electron chi connectivity index (χ4n) is 3.13. The lowest BCUT2D eigenvalue weighted by molar-refractivity contribution is -0.138. The summed E-state index contributed by atoms with van der Waals surface area (Å²) >= 11 is 5.99. The van der Waals surface area contributed by atoms with E-state index < -0.39 is 11.7 Å². The number of nitrogens with one attached hydrogen (secondary N) is 1. The number of likely N-dealkylation sites (N-methyl/N-ethyl adjacent to an activating group) is 1. The molecule has 1 fully saturated rings. The summed E-state index contributed by atoms with van der Waals surface area (Å²) in [7, 11) is 1.59. The van der Waals surface area contributed by atoms with Crippen molar-refractivity contribution in [3.05, 3.63) is 22.8 Å². The van der Waals surface area contributed by atoms with E-state index in [2.05, 4.69) is 10.3 Å². The lowest BCUT2D eigenvalue weighted by Crippen LogP contribution is -2.45. The highest BCUT2D eigenvalue weighted by atomic mass is 35.5. The SMILES string of the molecule is CC(C)NC(=O)CN(C)C(=O)C1CCN(c2ncc(C(F)(F)F)cc2Cl)CC1. The van der Waals surface area contributed by atoms with Gasteiger partial charge in [0.25, 0.3) is 0 Å². The van der Waals surface area contributed by atoms with Crippen molar-refractivity contribution in [2.24, 2.45) is 5.92 Å². The van der Waals surface area contributed by atoms with Gasteiger partial charge in [0.05, 0.1) is 17.1 Å². The predicted molar refractivity (Wildman–Crippen MR) is 100 cm³/mol. The van der Waals surface area contributed by atoms with E-state index in [4.69, 9.17) is 11.6 Å². The van der Waals surface area contributed by atoms with Gasteiger partial charge >= 0.3 is 6.18 Å². The molecule has 2 rings (SSSR count). The average Bonchev–Trinajstić information content (AvgIpc) is 2.59. The van der Waals surface area contributed by atoms with E-state index in [9.17, 15) is 22.8 Å². The molecule has 1 aliphatic rings. The number of anilines is 1. The molecule has 0 atom stereocenters. The Morgan fingerprint density at radius 3 is 2.46 bits per heavy atom. The molecule has 0 spiro atoms. The summed E-state index contributed by atoms with van der Waals surface area (Å²) in [6.07, 6.45) is -2.72. The first-order valence-electron chi connectivity index (χ1n) is 9.01. The van der Waals surface area contributed by atoms with E-state index in [0.717, 1.165) is 12.3 Å². The maximum absolute atomic E-state index is 12.7. The van der Waals surface area contributed by atoms with Crippen LogP contribution in [0, 0.1) is 5.92 Å². The molecule has 10 heteroatoms. The van der Waals surface area contributed by atoms with E-state index in [1.807, 2.05) is 13.8 Å². The summed E-state index contributed by atoms with van der Waals surface area (Å²) in [5, 5.41) is 2.67. The van der Waals surface area contributed by atoms with Crippen molar-refractivity contribution < 1.29 is 22.8 Å². The molecule has 1 aromatic rings. The largest absolute Gasteiger partial charge is 0.417 e. The number of alkyl halides is 3. The van der Waals surface area contributed by atoms with Gasteiger partial charge in [-0.05, 0) is 32.8 Å². The summed E-state index contributed by atoms with van der Waals surface area (Å²) in [4.78, 5) is 31.4. The van der Waals surface area contributed by atoms with Crippen LogP contribution in [-0.4, -0.2) is 54.4 Å². The minimum atomic E-state index is -4.50. The number of carbonyl (C=O) groups excluding carboxylic acids is 2. The molecule has 0 saturated carbocycles. The fourth-order valence-corrected chi connectivity index (χ4v) is 3.42. The number of pyridine rings is 1. The van der Waals surface area contributed by atoms with E-state index in [1.54, 1.807) is 11.9 Å². The molecular weight excluding hydrogens is 397 g/mol. The van der Waals surface area contributed by atoms with E-state index in [1.165, 1.54) is 4.90 Å². The minimum Gasteiger partial charge on any atom is -0.355 e. The van der Waals surface area contributed by atoms with Crippen LogP contribution in [0.4, 0.5) is 19.0 Å². The van der Waals surface area contributed by atoms with Crippen molar-refractivity contribution in [3.8, 4) is 0 Å². The number of amides is 2. The number of rotatable bonds is 5. The topological polar surface area (TPSA) is 65.5 Å². The van der Waals surface area contributed by atoms with Crippen LogP contribution >= 0.6 is 11.6 Å². The predicted octanol–water partition coefficient (Wildman–Crippen LogP) is 2.95. The van der Waals surface area contributed by atoms with Crippen molar-refractivity contribution in [1.82, 2.24) is 15.2 Å². The van der Waals surface area contributed by atoms with Gasteiger partial charge in [-0.25, -0.2) is 4.98 Å². The molecule has 0 unspecified atom stereocenters. The Bertz CT molecular complexity index is 719. The third-order valence-corrected chi connectivity index (χ3v) is 4.78. The maximum Gasteiger partial charge on any atom is 0.417 e. The lowest BCUT2D eigenvalue weighted by atomic mass is 9.95. The molecule has 156 valence electrons. The number of nitrogens with zero attached hydrogens (tertiary/aromatic N) is 3. The van der Waals surface area contributed by atoms with Crippen LogP contribution in [0.25, 0.3) is 0 Å². The highest BCUT2D eigenvalue weighted by Gasteiger charge is 2.33. The van der Waals surface area contributed by atoms with Crippen LogP contribution in [0.2, 0.25) is 5.02 Å². The molecule has 2 amide bonds. The zero-order valence-corrected chi connectivity index (χ0v) is 16.8. The first kappa shape index (κ1) is 22.3. The zero-order valence-electron chi connectivity index (χ0n) is 16.0. The normalized spacial score (nSPS) is 15.6. The van der Waals surface area contributed by atoms with E-state index in [0.29, 0.717) is 25.9 Å². The number of carbonyl (C=O) groups is 2. The van der Waals surface area contributed by atoms with Gasteiger partial charge in [-0.3, -0.25) is 9.59 Å². The Kier molecular flexibility index (Phi) is 7.14. The average molecular weight is 421 g/mol. The van der Waals surface area contributed by atoms with Gasteiger partial charge in [-0.2, -0.15) is 13.2 Å². The first-order valence-corrected chi connectivity index (χ1v) is 9.39. The number of hydrogen-bond acceptors (Lipinski definition) is 4. The molecule has 2 heterocycles. The Labute approximate surface area is 167 Å². The van der Waals surface area contributed by atoms with Gasteiger partial charge in [0.15, 0.2) is 0 Å².